The Balaban J connectivity index is 1.64. The number of aromatic nitrogens is 1. The number of benzene rings is 1. The van der Waals surface area contributed by atoms with Crippen molar-refractivity contribution in [1.82, 2.24) is 20.9 Å². The van der Waals surface area contributed by atoms with Crippen LogP contribution >= 0.6 is 0 Å². The average molecular weight is 346 g/mol. The quantitative estimate of drug-likeness (QED) is 0.705. The van der Waals surface area contributed by atoms with E-state index in [0.29, 0.717) is 12.4 Å². The Morgan fingerprint density at radius 3 is 2.32 bits per heavy atom. The van der Waals surface area contributed by atoms with E-state index in [1.54, 1.807) is 30.5 Å². The highest BCUT2D eigenvalue weighted by molar-refractivity contribution is 5.83. The number of hydrogen-bond acceptors (Lipinski definition) is 4. The molecular weight excluding hydrogens is 327 g/mol. The first-order valence-corrected chi connectivity index (χ1v) is 7.58. The van der Waals surface area contributed by atoms with Crippen molar-refractivity contribution in [2.45, 2.75) is 13.1 Å². The molecule has 0 aliphatic rings. The van der Waals surface area contributed by atoms with Gasteiger partial charge in [-0.2, -0.15) is 0 Å². The molecule has 1 aromatic carbocycles. The van der Waals surface area contributed by atoms with Crippen molar-refractivity contribution in [2.75, 3.05) is 13.7 Å². The number of ether oxygens (including phenoxy) is 1. The molecular formula is C17H19FN4O3. The summed E-state index contributed by atoms with van der Waals surface area (Å²) >= 11 is 0. The number of pyridine rings is 1. The Hall–Kier alpha value is -3.16. The van der Waals surface area contributed by atoms with Crippen LogP contribution in [0.5, 0.6) is 5.88 Å². The van der Waals surface area contributed by atoms with E-state index in [-0.39, 0.29) is 24.8 Å². The predicted octanol–water partition coefficient (Wildman–Crippen LogP) is 1.34. The molecule has 0 radical (unpaired) electrons. The minimum Gasteiger partial charge on any atom is -0.481 e. The second-order valence-corrected chi connectivity index (χ2v) is 5.15. The van der Waals surface area contributed by atoms with Gasteiger partial charge in [0.05, 0.1) is 13.7 Å². The van der Waals surface area contributed by atoms with Gasteiger partial charge in [-0.1, -0.05) is 18.2 Å². The van der Waals surface area contributed by atoms with E-state index in [0.717, 1.165) is 11.1 Å². The molecule has 1 heterocycles. The lowest BCUT2D eigenvalue weighted by atomic mass is 10.2. The minimum absolute atomic E-state index is 0.154. The van der Waals surface area contributed by atoms with Gasteiger partial charge in [0.2, 0.25) is 11.8 Å². The Labute approximate surface area is 144 Å². The van der Waals surface area contributed by atoms with Gasteiger partial charge in [0.1, 0.15) is 5.82 Å². The van der Waals surface area contributed by atoms with Gasteiger partial charge in [-0.25, -0.2) is 14.2 Å². The zero-order valence-electron chi connectivity index (χ0n) is 13.7. The lowest BCUT2D eigenvalue weighted by molar-refractivity contribution is -0.120. The standard InChI is InChI=1S/C17H19FN4O3/c1-25-16-7-4-13(10-20-16)9-19-15(23)11-22-17(24)21-8-12-2-5-14(18)6-3-12/h2-7,10H,8-9,11H2,1H3,(H,19,23)(H2,21,22,24). The van der Waals surface area contributed by atoms with Crippen LogP contribution in [0.2, 0.25) is 0 Å². The van der Waals surface area contributed by atoms with Gasteiger partial charge in [0, 0.05) is 25.4 Å². The van der Waals surface area contributed by atoms with Crippen LogP contribution in [0.15, 0.2) is 42.6 Å². The monoisotopic (exact) mass is 346 g/mol. The van der Waals surface area contributed by atoms with E-state index in [2.05, 4.69) is 20.9 Å². The maximum absolute atomic E-state index is 12.8. The summed E-state index contributed by atoms with van der Waals surface area (Å²) in [4.78, 5) is 27.4. The van der Waals surface area contributed by atoms with Crippen molar-refractivity contribution in [1.29, 1.82) is 0 Å². The summed E-state index contributed by atoms with van der Waals surface area (Å²) in [6, 6.07) is 8.78. The summed E-state index contributed by atoms with van der Waals surface area (Å²) in [5, 5.41) is 7.70. The largest absolute Gasteiger partial charge is 0.481 e. The molecule has 0 aliphatic heterocycles. The van der Waals surface area contributed by atoms with Gasteiger partial charge >= 0.3 is 6.03 Å². The maximum Gasteiger partial charge on any atom is 0.315 e. The van der Waals surface area contributed by atoms with Gasteiger partial charge in [-0.3, -0.25) is 4.79 Å². The molecule has 0 fully saturated rings. The molecule has 7 nitrogen and oxygen atoms in total. The Bertz CT molecular complexity index is 705. The Morgan fingerprint density at radius 1 is 1.00 bits per heavy atom. The second-order valence-electron chi connectivity index (χ2n) is 5.15. The van der Waals surface area contributed by atoms with Crippen LogP contribution in [0.4, 0.5) is 9.18 Å². The predicted molar refractivity (Wildman–Crippen MR) is 89.3 cm³/mol. The van der Waals surface area contributed by atoms with Crippen LogP contribution in [0.25, 0.3) is 0 Å². The lowest BCUT2D eigenvalue weighted by Crippen LogP contribution is -2.41. The number of hydrogen-bond donors (Lipinski definition) is 3. The van der Waals surface area contributed by atoms with E-state index in [4.69, 9.17) is 4.74 Å². The van der Waals surface area contributed by atoms with Crippen LogP contribution in [0.3, 0.4) is 0 Å². The molecule has 3 amide bonds. The van der Waals surface area contributed by atoms with Gasteiger partial charge < -0.3 is 20.7 Å². The zero-order chi connectivity index (χ0) is 18.1. The number of halogens is 1. The normalized spacial score (nSPS) is 10.0. The molecule has 0 unspecified atom stereocenters. The van der Waals surface area contributed by atoms with E-state index < -0.39 is 6.03 Å². The molecule has 0 bridgehead atoms. The summed E-state index contributed by atoms with van der Waals surface area (Å²) in [6.07, 6.45) is 1.60. The first kappa shape index (κ1) is 18.2. The van der Waals surface area contributed by atoms with Crippen LogP contribution in [0, 0.1) is 5.82 Å². The summed E-state index contributed by atoms with van der Waals surface area (Å²) in [7, 11) is 1.52. The van der Waals surface area contributed by atoms with Crippen LogP contribution in [-0.2, 0) is 17.9 Å². The van der Waals surface area contributed by atoms with Crippen LogP contribution < -0.4 is 20.7 Å². The van der Waals surface area contributed by atoms with Crippen LogP contribution in [0.1, 0.15) is 11.1 Å². The third-order valence-electron chi connectivity index (χ3n) is 3.27. The van der Waals surface area contributed by atoms with Crippen molar-refractivity contribution < 1.29 is 18.7 Å². The highest BCUT2D eigenvalue weighted by Crippen LogP contribution is 2.06. The molecule has 1 aromatic heterocycles. The highest BCUT2D eigenvalue weighted by Gasteiger charge is 2.05. The SMILES string of the molecule is COc1ccc(CNC(=O)CNC(=O)NCc2ccc(F)cc2)cn1. The molecule has 0 spiro atoms. The molecule has 0 aliphatic carbocycles. The van der Waals surface area contributed by atoms with E-state index >= 15 is 0 Å². The zero-order valence-corrected chi connectivity index (χ0v) is 13.7. The maximum atomic E-state index is 12.8. The number of urea groups is 1. The molecule has 0 atom stereocenters. The topological polar surface area (TPSA) is 92.4 Å². The Kier molecular flexibility index (Phi) is 6.70. The minimum atomic E-state index is -0.481. The molecule has 132 valence electrons. The number of carbonyl (C=O) groups is 2. The van der Waals surface area contributed by atoms with Crippen molar-refractivity contribution in [3.63, 3.8) is 0 Å². The van der Waals surface area contributed by atoms with Crippen molar-refractivity contribution in [2.24, 2.45) is 0 Å². The first-order valence-electron chi connectivity index (χ1n) is 7.58. The third-order valence-corrected chi connectivity index (χ3v) is 3.27. The highest BCUT2D eigenvalue weighted by atomic mass is 19.1. The summed E-state index contributed by atoms with van der Waals surface area (Å²) in [6.45, 7) is 0.388. The molecule has 2 aromatic rings. The second kappa shape index (κ2) is 9.21. The average Bonchev–Trinajstić information content (AvgIpc) is 2.64. The van der Waals surface area contributed by atoms with Crippen molar-refractivity contribution in [3.8, 4) is 5.88 Å². The number of amides is 3. The van der Waals surface area contributed by atoms with Crippen molar-refractivity contribution >= 4 is 11.9 Å². The van der Waals surface area contributed by atoms with Crippen LogP contribution in [-0.4, -0.2) is 30.6 Å². The Morgan fingerprint density at radius 2 is 1.68 bits per heavy atom. The number of carbonyl (C=O) groups excluding carboxylic acids is 2. The van der Waals surface area contributed by atoms with Gasteiger partial charge in [0.15, 0.2) is 0 Å². The van der Waals surface area contributed by atoms with Gasteiger partial charge in [-0.05, 0) is 23.3 Å². The summed E-state index contributed by atoms with van der Waals surface area (Å²) in [5.41, 5.74) is 1.57. The fourth-order valence-electron chi connectivity index (χ4n) is 1.91. The lowest BCUT2D eigenvalue weighted by Gasteiger charge is -2.09. The smallest absolute Gasteiger partial charge is 0.315 e. The fourth-order valence-corrected chi connectivity index (χ4v) is 1.91. The number of rotatable bonds is 7. The number of methoxy groups -OCH3 is 1. The molecule has 8 heteroatoms. The first-order chi connectivity index (χ1) is 12.1. The third kappa shape index (κ3) is 6.46. The summed E-state index contributed by atoms with van der Waals surface area (Å²) in [5.74, 6) is -0.167. The molecule has 3 N–H and O–H groups in total. The number of nitrogens with zero attached hydrogens (tertiary/aromatic N) is 1. The molecule has 2 rings (SSSR count). The number of nitrogens with one attached hydrogen (secondary N) is 3. The molecule has 25 heavy (non-hydrogen) atoms. The van der Waals surface area contributed by atoms with Crippen molar-refractivity contribution in [3.05, 3.63) is 59.5 Å². The molecule has 0 saturated carbocycles. The van der Waals surface area contributed by atoms with Gasteiger partial charge in [0.25, 0.3) is 0 Å². The summed E-state index contributed by atoms with van der Waals surface area (Å²) < 4.78 is 17.7. The van der Waals surface area contributed by atoms with E-state index in [1.165, 1.54) is 19.2 Å². The van der Waals surface area contributed by atoms with E-state index in [1.807, 2.05) is 0 Å². The van der Waals surface area contributed by atoms with E-state index in [9.17, 15) is 14.0 Å². The van der Waals surface area contributed by atoms with Gasteiger partial charge in [-0.15, -0.1) is 0 Å². The fraction of sp³-hybridized carbons (Fsp3) is 0.235. The molecule has 0 saturated heterocycles.